The van der Waals surface area contributed by atoms with Crippen LogP contribution in [0.1, 0.15) is 5.56 Å². The molecule has 0 unspecified atom stereocenters. The van der Waals surface area contributed by atoms with Crippen LogP contribution in [-0.2, 0) is 4.79 Å². The molecule has 0 fully saturated rings. The second-order valence-corrected chi connectivity index (χ2v) is 6.30. The molecule has 2 heterocycles. The number of hydrogen-bond acceptors (Lipinski definition) is 5. The van der Waals surface area contributed by atoms with Gasteiger partial charge in [-0.25, -0.2) is 13.8 Å². The minimum atomic E-state index is -0.860. The van der Waals surface area contributed by atoms with Gasteiger partial charge in [-0.2, -0.15) is 5.26 Å². The Hall–Kier alpha value is -3.31. The first kappa shape index (κ1) is 18.5. The van der Waals surface area contributed by atoms with E-state index in [1.165, 1.54) is 0 Å². The number of carbonyl (C=O) groups is 1. The molecular formula is C19H12F2N4OS. The average molecular weight is 382 g/mol. The molecule has 3 aromatic rings. The zero-order valence-electron chi connectivity index (χ0n) is 13.8. The summed E-state index contributed by atoms with van der Waals surface area (Å²) in [6.07, 6.45) is 1.63. The molecule has 0 aliphatic rings. The van der Waals surface area contributed by atoms with Gasteiger partial charge in [0, 0.05) is 12.3 Å². The number of anilines is 1. The summed E-state index contributed by atoms with van der Waals surface area (Å²) in [7, 11) is 0. The van der Waals surface area contributed by atoms with Crippen LogP contribution in [0.4, 0.5) is 14.5 Å². The van der Waals surface area contributed by atoms with Crippen LogP contribution < -0.4 is 5.32 Å². The van der Waals surface area contributed by atoms with E-state index in [-0.39, 0.29) is 11.4 Å². The van der Waals surface area contributed by atoms with Crippen LogP contribution in [0, 0.1) is 23.0 Å². The summed E-state index contributed by atoms with van der Waals surface area (Å²) in [6.45, 7) is 0. The van der Waals surface area contributed by atoms with Gasteiger partial charge in [-0.3, -0.25) is 9.78 Å². The number of aromatic nitrogens is 2. The highest BCUT2D eigenvalue weighted by Gasteiger charge is 2.13. The standard InChI is InChI=1S/C19H12F2N4OS/c20-13-5-7-15(14(21)9-13)24-18(26)11-27-19-12(10-22)4-6-17(25-19)16-3-1-2-8-23-16/h1-9H,11H2,(H,24,26). The second-order valence-electron chi connectivity index (χ2n) is 5.34. The van der Waals surface area contributed by atoms with E-state index in [0.717, 1.165) is 23.9 Å². The fourth-order valence-electron chi connectivity index (χ4n) is 2.20. The number of nitrogens with one attached hydrogen (secondary N) is 1. The molecule has 0 saturated carbocycles. The molecule has 0 saturated heterocycles. The van der Waals surface area contributed by atoms with E-state index in [0.29, 0.717) is 28.0 Å². The molecule has 1 amide bonds. The van der Waals surface area contributed by atoms with Crippen LogP contribution in [0.15, 0.2) is 59.8 Å². The maximum absolute atomic E-state index is 13.6. The summed E-state index contributed by atoms with van der Waals surface area (Å²) in [6, 6.07) is 13.6. The molecule has 0 aliphatic carbocycles. The van der Waals surface area contributed by atoms with Gasteiger partial charge in [-0.15, -0.1) is 0 Å². The summed E-state index contributed by atoms with van der Waals surface area (Å²) >= 11 is 1.05. The van der Waals surface area contributed by atoms with Gasteiger partial charge in [-0.1, -0.05) is 17.8 Å². The minimum absolute atomic E-state index is 0.0931. The van der Waals surface area contributed by atoms with E-state index >= 15 is 0 Å². The van der Waals surface area contributed by atoms with Crippen molar-refractivity contribution in [3.8, 4) is 17.5 Å². The normalized spacial score (nSPS) is 10.3. The van der Waals surface area contributed by atoms with Gasteiger partial charge < -0.3 is 5.32 Å². The van der Waals surface area contributed by atoms with E-state index in [1.807, 2.05) is 12.1 Å². The third-order valence-electron chi connectivity index (χ3n) is 3.45. The Kier molecular flexibility index (Phi) is 5.74. The molecule has 0 bridgehead atoms. The first-order valence-electron chi connectivity index (χ1n) is 7.77. The summed E-state index contributed by atoms with van der Waals surface area (Å²) in [5.41, 5.74) is 1.42. The second kappa shape index (κ2) is 8.38. The molecular weight excluding hydrogens is 370 g/mol. The molecule has 0 atom stereocenters. The highest BCUT2D eigenvalue weighted by molar-refractivity contribution is 8.00. The molecule has 8 heteroatoms. The highest BCUT2D eigenvalue weighted by atomic mass is 32.2. The van der Waals surface area contributed by atoms with Gasteiger partial charge in [0.15, 0.2) is 0 Å². The van der Waals surface area contributed by atoms with E-state index in [4.69, 9.17) is 0 Å². The van der Waals surface area contributed by atoms with Crippen LogP contribution in [0.3, 0.4) is 0 Å². The van der Waals surface area contributed by atoms with Crippen LogP contribution in [0.5, 0.6) is 0 Å². The zero-order valence-corrected chi connectivity index (χ0v) is 14.6. The molecule has 1 aromatic carbocycles. The Labute approximate surface area is 158 Å². The zero-order chi connectivity index (χ0) is 19.2. The third-order valence-corrected chi connectivity index (χ3v) is 4.44. The Morgan fingerprint density at radius 3 is 2.70 bits per heavy atom. The number of nitriles is 1. The summed E-state index contributed by atoms with van der Waals surface area (Å²) < 4.78 is 26.5. The number of thioether (sulfide) groups is 1. The Balaban J connectivity index is 1.73. The molecule has 1 N–H and O–H groups in total. The number of amides is 1. The topological polar surface area (TPSA) is 78.7 Å². The minimum Gasteiger partial charge on any atom is -0.323 e. The Morgan fingerprint density at radius 1 is 1.15 bits per heavy atom. The van der Waals surface area contributed by atoms with Gasteiger partial charge >= 0.3 is 0 Å². The molecule has 5 nitrogen and oxygen atoms in total. The summed E-state index contributed by atoms with van der Waals surface area (Å²) in [4.78, 5) is 20.7. The van der Waals surface area contributed by atoms with Gasteiger partial charge in [0.25, 0.3) is 0 Å². The van der Waals surface area contributed by atoms with Crippen LogP contribution in [0.25, 0.3) is 11.4 Å². The lowest BCUT2D eigenvalue weighted by Crippen LogP contribution is -2.15. The predicted octanol–water partition coefficient (Wildman–Crippen LogP) is 4.02. The van der Waals surface area contributed by atoms with Crippen LogP contribution in [0.2, 0.25) is 0 Å². The molecule has 3 rings (SSSR count). The Bertz CT molecular complexity index is 1020. The smallest absolute Gasteiger partial charge is 0.234 e. The van der Waals surface area contributed by atoms with Crippen molar-refractivity contribution in [1.82, 2.24) is 9.97 Å². The van der Waals surface area contributed by atoms with E-state index in [9.17, 15) is 18.8 Å². The summed E-state index contributed by atoms with van der Waals surface area (Å²) in [5.74, 6) is -2.18. The van der Waals surface area contributed by atoms with Crippen molar-refractivity contribution in [3.05, 3.63) is 71.9 Å². The van der Waals surface area contributed by atoms with Crippen LogP contribution in [-0.4, -0.2) is 21.6 Å². The lowest BCUT2D eigenvalue weighted by Gasteiger charge is -2.08. The largest absolute Gasteiger partial charge is 0.323 e. The van der Waals surface area contributed by atoms with Crippen LogP contribution >= 0.6 is 11.8 Å². The van der Waals surface area contributed by atoms with Crippen molar-refractivity contribution in [1.29, 1.82) is 5.26 Å². The summed E-state index contributed by atoms with van der Waals surface area (Å²) in [5, 5.41) is 12.0. The number of carbonyl (C=O) groups excluding carboxylic acids is 1. The predicted molar refractivity (Wildman–Crippen MR) is 97.9 cm³/mol. The maximum atomic E-state index is 13.6. The van der Waals surface area contributed by atoms with Crippen molar-refractivity contribution < 1.29 is 13.6 Å². The number of pyridine rings is 2. The van der Waals surface area contributed by atoms with E-state index in [1.54, 1.807) is 30.5 Å². The monoisotopic (exact) mass is 382 g/mol. The highest BCUT2D eigenvalue weighted by Crippen LogP contribution is 2.24. The van der Waals surface area contributed by atoms with Gasteiger partial charge in [0.1, 0.15) is 22.7 Å². The first-order valence-corrected chi connectivity index (χ1v) is 8.75. The number of halogens is 2. The number of benzene rings is 1. The molecule has 0 radical (unpaired) electrons. The molecule has 2 aromatic heterocycles. The quantitative estimate of drug-likeness (QED) is 0.674. The maximum Gasteiger partial charge on any atom is 0.234 e. The van der Waals surface area contributed by atoms with Gasteiger partial charge in [0.05, 0.1) is 28.4 Å². The first-order chi connectivity index (χ1) is 13.1. The number of hydrogen-bond donors (Lipinski definition) is 1. The number of nitrogens with zero attached hydrogens (tertiary/aromatic N) is 3. The van der Waals surface area contributed by atoms with Crippen molar-refractivity contribution in [3.63, 3.8) is 0 Å². The van der Waals surface area contributed by atoms with Crippen molar-refractivity contribution in [2.45, 2.75) is 5.03 Å². The van der Waals surface area contributed by atoms with E-state index < -0.39 is 17.5 Å². The van der Waals surface area contributed by atoms with Crippen molar-refractivity contribution >= 4 is 23.4 Å². The van der Waals surface area contributed by atoms with Crippen molar-refractivity contribution in [2.24, 2.45) is 0 Å². The fraction of sp³-hybridized carbons (Fsp3) is 0.0526. The molecule has 0 aliphatic heterocycles. The average Bonchev–Trinajstić information content (AvgIpc) is 2.69. The SMILES string of the molecule is N#Cc1ccc(-c2ccccn2)nc1SCC(=O)Nc1ccc(F)cc1F. The Morgan fingerprint density at radius 2 is 2.00 bits per heavy atom. The van der Waals surface area contributed by atoms with Crippen molar-refractivity contribution in [2.75, 3.05) is 11.1 Å². The lowest BCUT2D eigenvalue weighted by atomic mass is 10.2. The number of rotatable bonds is 5. The molecule has 27 heavy (non-hydrogen) atoms. The van der Waals surface area contributed by atoms with Gasteiger partial charge in [0.2, 0.25) is 5.91 Å². The lowest BCUT2D eigenvalue weighted by molar-refractivity contribution is -0.113. The molecule has 0 spiro atoms. The molecule has 134 valence electrons. The third kappa shape index (κ3) is 4.65. The fourth-order valence-corrected chi connectivity index (χ4v) is 2.98. The van der Waals surface area contributed by atoms with Gasteiger partial charge in [-0.05, 0) is 36.4 Å². The van der Waals surface area contributed by atoms with E-state index in [2.05, 4.69) is 15.3 Å².